The SMILES string of the molecule is CCNc1nc(N)c(C(=O)N(C)CC2CCN(C)CC2)s1. The predicted molar refractivity (Wildman–Crippen MR) is 87.9 cm³/mol. The topological polar surface area (TPSA) is 74.5 Å². The number of nitrogen functional groups attached to an aromatic ring is 1. The standard InChI is InChI=1S/C14H25N5OS/c1-4-16-14-17-12(15)11(21-14)13(20)19(3)9-10-5-7-18(2)8-6-10/h10H,4-9,15H2,1-3H3,(H,16,17). The van der Waals surface area contributed by atoms with E-state index in [1.807, 2.05) is 14.0 Å². The number of hydrogen-bond acceptors (Lipinski definition) is 6. The summed E-state index contributed by atoms with van der Waals surface area (Å²) in [7, 11) is 4.00. The van der Waals surface area contributed by atoms with Crippen LogP contribution in [0.2, 0.25) is 0 Å². The van der Waals surface area contributed by atoms with Crippen molar-refractivity contribution >= 4 is 28.2 Å². The minimum absolute atomic E-state index is 0.0203. The fraction of sp³-hybridized carbons (Fsp3) is 0.714. The minimum Gasteiger partial charge on any atom is -0.382 e. The zero-order chi connectivity index (χ0) is 15.4. The molecule has 1 fully saturated rings. The maximum atomic E-state index is 12.5. The van der Waals surface area contributed by atoms with Gasteiger partial charge < -0.3 is 20.9 Å². The van der Waals surface area contributed by atoms with Gasteiger partial charge in [0.15, 0.2) is 5.13 Å². The molecule has 0 unspecified atom stereocenters. The van der Waals surface area contributed by atoms with Gasteiger partial charge >= 0.3 is 0 Å². The highest BCUT2D eigenvalue weighted by Gasteiger charge is 2.24. The van der Waals surface area contributed by atoms with Crippen molar-refractivity contribution in [1.29, 1.82) is 0 Å². The Balaban J connectivity index is 1.95. The van der Waals surface area contributed by atoms with Gasteiger partial charge in [-0.2, -0.15) is 0 Å². The van der Waals surface area contributed by atoms with Gasteiger partial charge in [-0.15, -0.1) is 0 Å². The quantitative estimate of drug-likeness (QED) is 0.863. The number of nitrogens with one attached hydrogen (secondary N) is 1. The molecule has 2 rings (SSSR count). The van der Waals surface area contributed by atoms with E-state index in [1.165, 1.54) is 11.3 Å². The zero-order valence-electron chi connectivity index (χ0n) is 13.1. The highest BCUT2D eigenvalue weighted by molar-refractivity contribution is 7.18. The van der Waals surface area contributed by atoms with E-state index in [-0.39, 0.29) is 5.91 Å². The lowest BCUT2D eigenvalue weighted by atomic mass is 9.96. The lowest BCUT2D eigenvalue weighted by Gasteiger charge is -2.31. The molecule has 118 valence electrons. The molecule has 1 amide bonds. The fourth-order valence-corrected chi connectivity index (χ4v) is 3.55. The third kappa shape index (κ3) is 4.07. The molecule has 0 aromatic carbocycles. The van der Waals surface area contributed by atoms with Crippen molar-refractivity contribution in [2.75, 3.05) is 51.3 Å². The Morgan fingerprint density at radius 1 is 1.52 bits per heavy atom. The molecule has 1 aliphatic heterocycles. The van der Waals surface area contributed by atoms with E-state index in [4.69, 9.17) is 5.73 Å². The predicted octanol–water partition coefficient (Wildman–Crippen LogP) is 1.57. The second-order valence-corrected chi connectivity index (χ2v) is 6.70. The number of nitrogens with zero attached hydrogens (tertiary/aromatic N) is 3. The summed E-state index contributed by atoms with van der Waals surface area (Å²) in [5.41, 5.74) is 5.87. The second kappa shape index (κ2) is 7.09. The Hall–Kier alpha value is -1.34. The van der Waals surface area contributed by atoms with Gasteiger partial charge in [-0.1, -0.05) is 11.3 Å². The molecule has 6 nitrogen and oxygen atoms in total. The fourth-order valence-electron chi connectivity index (χ4n) is 2.60. The number of amides is 1. The first kappa shape index (κ1) is 16.0. The number of aromatic nitrogens is 1. The van der Waals surface area contributed by atoms with Gasteiger partial charge in [0.05, 0.1) is 0 Å². The molecule has 21 heavy (non-hydrogen) atoms. The van der Waals surface area contributed by atoms with Crippen LogP contribution >= 0.6 is 11.3 Å². The van der Waals surface area contributed by atoms with Crippen molar-refractivity contribution in [1.82, 2.24) is 14.8 Å². The third-order valence-corrected chi connectivity index (χ3v) is 4.91. The lowest BCUT2D eigenvalue weighted by molar-refractivity contribution is 0.0752. The molecule has 7 heteroatoms. The van der Waals surface area contributed by atoms with Crippen molar-refractivity contribution in [2.45, 2.75) is 19.8 Å². The summed E-state index contributed by atoms with van der Waals surface area (Å²) in [6, 6.07) is 0. The summed E-state index contributed by atoms with van der Waals surface area (Å²) in [6.07, 6.45) is 2.30. The summed E-state index contributed by atoms with van der Waals surface area (Å²) in [4.78, 5) is 21.4. The van der Waals surface area contributed by atoms with Crippen LogP contribution in [-0.2, 0) is 0 Å². The summed E-state index contributed by atoms with van der Waals surface area (Å²) in [5, 5.41) is 3.81. The first-order valence-corrected chi connectivity index (χ1v) is 8.27. The van der Waals surface area contributed by atoms with Crippen LogP contribution in [0.25, 0.3) is 0 Å². The van der Waals surface area contributed by atoms with E-state index < -0.39 is 0 Å². The molecular formula is C14H25N5OS. The van der Waals surface area contributed by atoms with Crippen LogP contribution in [0.1, 0.15) is 29.4 Å². The van der Waals surface area contributed by atoms with Gasteiger partial charge in [-0.05, 0) is 45.8 Å². The van der Waals surface area contributed by atoms with Crippen LogP contribution in [0.5, 0.6) is 0 Å². The van der Waals surface area contributed by atoms with Crippen LogP contribution in [0.3, 0.4) is 0 Å². The first-order valence-electron chi connectivity index (χ1n) is 7.45. The van der Waals surface area contributed by atoms with Gasteiger partial charge in [0.2, 0.25) is 0 Å². The number of rotatable bonds is 5. The van der Waals surface area contributed by atoms with Crippen LogP contribution < -0.4 is 11.1 Å². The molecule has 2 heterocycles. The normalized spacial score (nSPS) is 16.9. The van der Waals surface area contributed by atoms with Gasteiger partial charge in [0.25, 0.3) is 5.91 Å². The average Bonchev–Trinajstić information content (AvgIpc) is 2.81. The Labute approximate surface area is 130 Å². The summed E-state index contributed by atoms with van der Waals surface area (Å²) >= 11 is 1.34. The molecule has 0 bridgehead atoms. The van der Waals surface area contributed by atoms with Gasteiger partial charge in [-0.3, -0.25) is 4.79 Å². The molecule has 1 aromatic rings. The summed E-state index contributed by atoms with van der Waals surface area (Å²) in [5.74, 6) is 0.891. The Morgan fingerprint density at radius 3 is 2.81 bits per heavy atom. The average molecular weight is 311 g/mol. The molecule has 1 aromatic heterocycles. The second-order valence-electron chi connectivity index (χ2n) is 5.70. The molecule has 1 aliphatic rings. The van der Waals surface area contributed by atoms with E-state index in [1.54, 1.807) is 4.90 Å². The van der Waals surface area contributed by atoms with Crippen LogP contribution in [0.4, 0.5) is 10.9 Å². The third-order valence-electron chi connectivity index (χ3n) is 3.89. The lowest BCUT2D eigenvalue weighted by Crippen LogP contribution is -2.37. The van der Waals surface area contributed by atoms with Crippen molar-refractivity contribution in [3.63, 3.8) is 0 Å². The summed E-state index contributed by atoms with van der Waals surface area (Å²) in [6.45, 7) is 5.78. The smallest absolute Gasteiger partial charge is 0.267 e. The number of nitrogens with two attached hydrogens (primary N) is 1. The van der Waals surface area contributed by atoms with Crippen LogP contribution in [0, 0.1) is 5.92 Å². The first-order chi connectivity index (χ1) is 10.0. The molecule has 0 saturated carbocycles. The van der Waals surface area contributed by atoms with E-state index >= 15 is 0 Å². The Morgan fingerprint density at radius 2 is 2.19 bits per heavy atom. The molecule has 3 N–H and O–H groups in total. The van der Waals surface area contributed by atoms with Crippen LogP contribution in [-0.4, -0.2) is 61.0 Å². The van der Waals surface area contributed by atoms with E-state index in [0.29, 0.717) is 21.7 Å². The van der Waals surface area contributed by atoms with E-state index in [0.717, 1.165) is 39.0 Å². The number of thiazole rings is 1. The maximum Gasteiger partial charge on any atom is 0.267 e. The van der Waals surface area contributed by atoms with Crippen molar-refractivity contribution in [3.05, 3.63) is 4.88 Å². The number of piperidine rings is 1. The zero-order valence-corrected chi connectivity index (χ0v) is 13.9. The summed E-state index contributed by atoms with van der Waals surface area (Å²) < 4.78 is 0. The molecule has 0 atom stereocenters. The van der Waals surface area contributed by atoms with E-state index in [9.17, 15) is 4.79 Å². The number of carbonyl (C=O) groups excluding carboxylic acids is 1. The monoisotopic (exact) mass is 311 g/mol. The van der Waals surface area contributed by atoms with Gasteiger partial charge in [0.1, 0.15) is 10.7 Å². The number of likely N-dealkylation sites (tertiary alicyclic amines) is 1. The highest BCUT2D eigenvalue weighted by atomic mass is 32.1. The van der Waals surface area contributed by atoms with Gasteiger partial charge in [-0.25, -0.2) is 4.98 Å². The van der Waals surface area contributed by atoms with Crippen LogP contribution in [0.15, 0.2) is 0 Å². The maximum absolute atomic E-state index is 12.5. The molecule has 0 radical (unpaired) electrons. The van der Waals surface area contributed by atoms with Crippen molar-refractivity contribution in [2.24, 2.45) is 5.92 Å². The highest BCUT2D eigenvalue weighted by Crippen LogP contribution is 2.26. The molecular weight excluding hydrogens is 286 g/mol. The molecule has 0 aliphatic carbocycles. The number of carbonyl (C=O) groups is 1. The molecule has 1 saturated heterocycles. The number of anilines is 2. The largest absolute Gasteiger partial charge is 0.382 e. The molecule has 0 spiro atoms. The van der Waals surface area contributed by atoms with Gasteiger partial charge in [0, 0.05) is 20.1 Å². The van der Waals surface area contributed by atoms with E-state index in [2.05, 4.69) is 22.2 Å². The van der Waals surface area contributed by atoms with Crippen molar-refractivity contribution < 1.29 is 4.79 Å². The Bertz CT molecular complexity index is 482. The minimum atomic E-state index is -0.0203. The Kier molecular flexibility index (Phi) is 5.41. The number of hydrogen-bond donors (Lipinski definition) is 2. The van der Waals surface area contributed by atoms with Crippen molar-refractivity contribution in [3.8, 4) is 0 Å².